The van der Waals surface area contributed by atoms with Crippen molar-refractivity contribution in [3.63, 3.8) is 0 Å². The van der Waals surface area contributed by atoms with Crippen molar-refractivity contribution in [2.24, 2.45) is 0 Å². The Morgan fingerprint density at radius 3 is 2.68 bits per heavy atom. The van der Waals surface area contributed by atoms with Crippen molar-refractivity contribution in [3.8, 4) is 17.0 Å². The molecule has 0 bridgehead atoms. The standard InChI is InChI=1S/C26H28ClN5O3S2/c1-17-28-22-12-21(6-7-24(22)37-17)35-15-20(33)13-31-8-10-32(11-9-31)14-25(34)30-26-29-23(16-36-26)18-2-4-19(27)5-3-18/h2-7,12,16,20,33H,8-11,13-15H2,1H3,(H,29,30,34). The van der Waals surface area contributed by atoms with E-state index in [9.17, 15) is 9.90 Å². The number of hydrogen-bond donors (Lipinski definition) is 2. The number of ether oxygens (including phenoxy) is 1. The molecule has 4 aromatic rings. The summed E-state index contributed by atoms with van der Waals surface area (Å²) in [6.07, 6.45) is -0.595. The number of carbonyl (C=O) groups excluding carboxylic acids is 1. The molecule has 0 saturated carbocycles. The summed E-state index contributed by atoms with van der Waals surface area (Å²) in [6.45, 7) is 6.14. The second-order valence-electron chi connectivity index (χ2n) is 9.00. The molecule has 1 fully saturated rings. The maximum absolute atomic E-state index is 12.6. The minimum Gasteiger partial charge on any atom is -0.491 e. The SMILES string of the molecule is Cc1nc2cc(OCC(O)CN3CCN(CC(=O)Nc4nc(-c5ccc(Cl)cc5)cs4)CC3)ccc2s1. The molecule has 1 amide bonds. The van der Waals surface area contributed by atoms with E-state index in [-0.39, 0.29) is 12.5 Å². The second kappa shape index (κ2) is 11.8. The Morgan fingerprint density at radius 2 is 1.89 bits per heavy atom. The van der Waals surface area contributed by atoms with E-state index in [2.05, 4.69) is 25.1 Å². The van der Waals surface area contributed by atoms with Crippen molar-refractivity contribution in [2.45, 2.75) is 13.0 Å². The van der Waals surface area contributed by atoms with Crippen LogP contribution in [0.5, 0.6) is 5.75 Å². The fourth-order valence-electron chi connectivity index (χ4n) is 4.23. The first-order chi connectivity index (χ1) is 17.9. The summed E-state index contributed by atoms with van der Waals surface area (Å²) in [5, 5.41) is 17.6. The number of nitrogens with zero attached hydrogens (tertiary/aromatic N) is 4. The van der Waals surface area contributed by atoms with E-state index in [0.717, 1.165) is 52.7 Å². The second-order valence-corrected chi connectivity index (χ2v) is 11.5. The van der Waals surface area contributed by atoms with Gasteiger partial charge >= 0.3 is 0 Å². The molecule has 11 heteroatoms. The minimum absolute atomic E-state index is 0.0776. The van der Waals surface area contributed by atoms with Crippen molar-refractivity contribution in [1.29, 1.82) is 0 Å². The third-order valence-electron chi connectivity index (χ3n) is 6.10. The lowest BCUT2D eigenvalue weighted by atomic mass is 10.2. The largest absolute Gasteiger partial charge is 0.491 e. The van der Waals surface area contributed by atoms with Crippen LogP contribution >= 0.6 is 34.3 Å². The van der Waals surface area contributed by atoms with Crippen LogP contribution in [0, 0.1) is 6.92 Å². The van der Waals surface area contributed by atoms with Gasteiger partial charge in [0.25, 0.3) is 0 Å². The van der Waals surface area contributed by atoms with Crippen molar-refractivity contribution < 1.29 is 14.6 Å². The number of carbonyl (C=O) groups is 1. The average Bonchev–Trinajstić information content (AvgIpc) is 3.49. The van der Waals surface area contributed by atoms with Gasteiger partial charge < -0.3 is 15.2 Å². The summed E-state index contributed by atoms with van der Waals surface area (Å²) in [4.78, 5) is 25.9. The molecule has 2 aromatic heterocycles. The van der Waals surface area contributed by atoms with E-state index in [1.165, 1.54) is 11.3 Å². The predicted molar refractivity (Wildman–Crippen MR) is 150 cm³/mol. The number of rotatable bonds is 9. The fourth-order valence-corrected chi connectivity index (χ4v) is 5.90. The lowest BCUT2D eigenvalue weighted by Gasteiger charge is -2.35. The third kappa shape index (κ3) is 7.04. The predicted octanol–water partition coefficient (Wildman–Crippen LogP) is 4.38. The topological polar surface area (TPSA) is 90.8 Å². The van der Waals surface area contributed by atoms with Crippen LogP contribution in [-0.4, -0.2) is 82.8 Å². The number of aryl methyl sites for hydroxylation is 1. The van der Waals surface area contributed by atoms with Gasteiger partial charge in [0.1, 0.15) is 18.5 Å². The lowest BCUT2D eigenvalue weighted by molar-refractivity contribution is -0.117. The molecule has 8 nitrogen and oxygen atoms in total. The van der Waals surface area contributed by atoms with Crippen LogP contribution in [0.25, 0.3) is 21.5 Å². The molecule has 1 aliphatic heterocycles. The molecule has 2 N–H and O–H groups in total. The van der Waals surface area contributed by atoms with Crippen LogP contribution in [0.1, 0.15) is 5.01 Å². The van der Waals surface area contributed by atoms with Gasteiger partial charge in [0.15, 0.2) is 5.13 Å². The van der Waals surface area contributed by atoms with E-state index in [1.54, 1.807) is 11.3 Å². The van der Waals surface area contributed by atoms with Gasteiger partial charge in [-0.3, -0.25) is 14.6 Å². The molecule has 3 heterocycles. The number of nitrogens with one attached hydrogen (secondary N) is 1. The minimum atomic E-state index is -0.595. The number of aliphatic hydroxyl groups excluding tert-OH is 1. The zero-order valence-corrected chi connectivity index (χ0v) is 22.8. The summed E-state index contributed by atoms with van der Waals surface area (Å²) >= 11 is 9.01. The fraction of sp³-hybridized carbons (Fsp3) is 0.346. The number of benzene rings is 2. The van der Waals surface area contributed by atoms with Crippen LogP contribution in [0.15, 0.2) is 47.8 Å². The van der Waals surface area contributed by atoms with Crippen molar-refractivity contribution >= 4 is 55.5 Å². The molecule has 1 aliphatic rings. The Morgan fingerprint density at radius 1 is 1.14 bits per heavy atom. The highest BCUT2D eigenvalue weighted by Crippen LogP contribution is 2.27. The quantitative estimate of drug-likeness (QED) is 0.316. The van der Waals surface area contributed by atoms with Gasteiger partial charge in [0, 0.05) is 54.8 Å². The number of β-amino-alcohol motifs (C(OH)–C–C–N with tert-alkyl or cyclic N) is 1. The smallest absolute Gasteiger partial charge is 0.240 e. The first-order valence-electron chi connectivity index (χ1n) is 12.1. The van der Waals surface area contributed by atoms with Crippen molar-refractivity contribution in [2.75, 3.05) is 51.2 Å². The van der Waals surface area contributed by atoms with Gasteiger partial charge in [-0.25, -0.2) is 9.97 Å². The molecule has 37 heavy (non-hydrogen) atoms. The Kier molecular flexibility index (Phi) is 8.33. The van der Waals surface area contributed by atoms with Crippen LogP contribution in [-0.2, 0) is 4.79 Å². The number of aromatic nitrogens is 2. The van der Waals surface area contributed by atoms with Crippen molar-refractivity contribution in [1.82, 2.24) is 19.8 Å². The van der Waals surface area contributed by atoms with E-state index in [4.69, 9.17) is 16.3 Å². The zero-order chi connectivity index (χ0) is 25.8. The molecule has 0 spiro atoms. The van der Waals surface area contributed by atoms with Gasteiger partial charge in [0.05, 0.1) is 27.5 Å². The molecule has 1 saturated heterocycles. The Balaban J connectivity index is 1.02. The number of hydrogen-bond acceptors (Lipinski definition) is 9. The molecule has 1 unspecified atom stereocenters. The van der Waals surface area contributed by atoms with Gasteiger partial charge in [-0.15, -0.1) is 22.7 Å². The summed E-state index contributed by atoms with van der Waals surface area (Å²) in [5.74, 6) is 0.638. The highest BCUT2D eigenvalue weighted by atomic mass is 35.5. The van der Waals surface area contributed by atoms with Gasteiger partial charge in [-0.2, -0.15) is 0 Å². The Labute approximate surface area is 228 Å². The van der Waals surface area contributed by atoms with Gasteiger partial charge in [-0.05, 0) is 31.2 Å². The monoisotopic (exact) mass is 557 g/mol. The molecule has 5 rings (SSSR count). The molecular formula is C26H28ClN5O3S2. The summed E-state index contributed by atoms with van der Waals surface area (Å²) < 4.78 is 6.94. The lowest BCUT2D eigenvalue weighted by Crippen LogP contribution is -2.50. The van der Waals surface area contributed by atoms with Crippen molar-refractivity contribution in [3.05, 3.63) is 57.9 Å². The average molecular weight is 558 g/mol. The number of amides is 1. The summed E-state index contributed by atoms with van der Waals surface area (Å²) in [6, 6.07) is 13.3. The summed E-state index contributed by atoms with van der Waals surface area (Å²) in [7, 11) is 0. The van der Waals surface area contributed by atoms with E-state index in [1.807, 2.05) is 54.8 Å². The van der Waals surface area contributed by atoms with Gasteiger partial charge in [0.2, 0.25) is 5.91 Å². The van der Waals surface area contributed by atoms with E-state index in [0.29, 0.717) is 29.0 Å². The number of fused-ring (bicyclic) bond motifs is 1. The summed E-state index contributed by atoms with van der Waals surface area (Å²) in [5.41, 5.74) is 2.69. The first kappa shape index (κ1) is 26.0. The van der Waals surface area contributed by atoms with Gasteiger partial charge in [-0.1, -0.05) is 23.7 Å². The molecule has 2 aromatic carbocycles. The highest BCUT2D eigenvalue weighted by Gasteiger charge is 2.21. The van der Waals surface area contributed by atoms with E-state index >= 15 is 0 Å². The Bertz CT molecular complexity index is 1350. The molecule has 0 aliphatic carbocycles. The number of aliphatic hydroxyl groups is 1. The first-order valence-corrected chi connectivity index (χ1v) is 14.1. The normalized spacial score (nSPS) is 15.6. The zero-order valence-electron chi connectivity index (χ0n) is 20.4. The highest BCUT2D eigenvalue weighted by molar-refractivity contribution is 7.18. The number of halogens is 1. The maximum atomic E-state index is 12.6. The molecule has 0 radical (unpaired) electrons. The number of thiazole rings is 2. The maximum Gasteiger partial charge on any atom is 0.240 e. The van der Waals surface area contributed by atoms with Crippen LogP contribution in [0.4, 0.5) is 5.13 Å². The third-order valence-corrected chi connectivity index (χ3v) is 8.06. The molecular weight excluding hydrogens is 530 g/mol. The van der Waals surface area contributed by atoms with Crippen LogP contribution < -0.4 is 10.1 Å². The molecule has 194 valence electrons. The van der Waals surface area contributed by atoms with E-state index < -0.39 is 6.10 Å². The van der Waals surface area contributed by atoms with Crippen LogP contribution in [0.2, 0.25) is 5.02 Å². The number of anilines is 1. The Hall–Kier alpha value is -2.60. The number of piperazine rings is 1. The molecule has 1 atom stereocenters. The van der Waals surface area contributed by atoms with Crippen LogP contribution in [0.3, 0.4) is 0 Å².